The van der Waals surface area contributed by atoms with Crippen molar-refractivity contribution in [3.8, 4) is 0 Å². The van der Waals surface area contributed by atoms with E-state index in [4.69, 9.17) is 15.0 Å². The van der Waals surface area contributed by atoms with Gasteiger partial charge in [-0.15, -0.1) is 0 Å². The van der Waals surface area contributed by atoms with Gasteiger partial charge in [-0.3, -0.25) is 4.79 Å². The van der Waals surface area contributed by atoms with Crippen molar-refractivity contribution in [1.82, 2.24) is 0 Å². The third-order valence-electron chi connectivity index (χ3n) is 12.1. The Kier molecular flexibility index (Phi) is 5.09. The lowest BCUT2D eigenvalue weighted by Gasteiger charge is -2.63. The summed E-state index contributed by atoms with van der Waals surface area (Å²) in [5.41, 5.74) is 7.26. The zero-order chi connectivity index (χ0) is 24.1. The molecule has 0 aromatic rings. The number of ketones is 1. The quantitative estimate of drug-likeness (QED) is 0.314. The number of azide groups is 1. The average molecular weight is 472 g/mol. The fraction of sp³-hybridized carbons (Fsp3) is 0.963. The van der Waals surface area contributed by atoms with Gasteiger partial charge in [0.15, 0.2) is 11.6 Å². The van der Waals surface area contributed by atoms with E-state index < -0.39 is 16.8 Å². The van der Waals surface area contributed by atoms with Gasteiger partial charge in [0, 0.05) is 35.1 Å². The Bertz CT molecular complexity index is 927. The van der Waals surface area contributed by atoms with Crippen LogP contribution in [0.1, 0.15) is 85.5 Å². The fourth-order valence-corrected chi connectivity index (χ4v) is 10.2. The molecule has 2 heterocycles. The molecule has 0 aromatic carbocycles. The maximum absolute atomic E-state index is 13.6. The molecule has 0 amide bonds. The van der Waals surface area contributed by atoms with E-state index in [1.54, 1.807) is 0 Å². The molecular weight excluding hydrogens is 430 g/mol. The fourth-order valence-electron chi connectivity index (χ4n) is 10.2. The molecule has 6 rings (SSSR count). The molecule has 1 N–H and O–H groups in total. The lowest BCUT2D eigenvalue weighted by molar-refractivity contribution is -0.273. The van der Waals surface area contributed by atoms with Crippen LogP contribution in [0.2, 0.25) is 0 Å². The average Bonchev–Trinajstić information content (AvgIpc) is 3.23. The number of nitrogens with zero attached hydrogens (tertiary/aromatic N) is 3. The molecule has 0 unspecified atom stereocenters. The summed E-state index contributed by atoms with van der Waals surface area (Å²) < 4.78 is 13.2. The van der Waals surface area contributed by atoms with E-state index >= 15 is 0 Å². The maximum atomic E-state index is 13.6. The van der Waals surface area contributed by atoms with E-state index in [0.29, 0.717) is 41.9 Å². The number of carbonyl (C=O) groups excluding carboxylic acids is 1. The van der Waals surface area contributed by atoms with Crippen molar-refractivity contribution in [2.75, 3.05) is 6.61 Å². The number of rotatable bonds is 1. The Morgan fingerprint density at radius 3 is 2.62 bits per heavy atom. The second-order valence-corrected chi connectivity index (χ2v) is 13.4. The molecule has 0 aromatic heterocycles. The van der Waals surface area contributed by atoms with Crippen molar-refractivity contribution in [1.29, 1.82) is 0 Å². The van der Waals surface area contributed by atoms with Crippen LogP contribution in [-0.2, 0) is 14.3 Å². The minimum Gasteiger partial charge on any atom is -0.381 e. The first kappa shape index (κ1) is 23.3. The van der Waals surface area contributed by atoms with E-state index in [0.717, 1.165) is 51.6 Å². The first-order valence-electron chi connectivity index (χ1n) is 13.7. The smallest absolute Gasteiger partial charge is 0.171 e. The van der Waals surface area contributed by atoms with Crippen molar-refractivity contribution in [3.05, 3.63) is 10.4 Å². The van der Waals surface area contributed by atoms with Crippen molar-refractivity contribution >= 4 is 5.78 Å². The first-order valence-corrected chi connectivity index (χ1v) is 13.7. The molecule has 4 aliphatic carbocycles. The van der Waals surface area contributed by atoms with Crippen LogP contribution < -0.4 is 0 Å². The van der Waals surface area contributed by atoms with Gasteiger partial charge in [0.25, 0.3) is 0 Å². The number of carbonyl (C=O) groups is 1. The van der Waals surface area contributed by atoms with Gasteiger partial charge in [0.1, 0.15) is 5.60 Å². The first-order chi connectivity index (χ1) is 16.1. The van der Waals surface area contributed by atoms with Crippen LogP contribution in [0, 0.1) is 46.3 Å². The van der Waals surface area contributed by atoms with Crippen molar-refractivity contribution < 1.29 is 19.4 Å². The Balaban J connectivity index is 1.29. The van der Waals surface area contributed by atoms with Gasteiger partial charge in [-0.05, 0) is 85.5 Å². The van der Waals surface area contributed by atoms with Crippen LogP contribution in [0.25, 0.3) is 10.4 Å². The maximum Gasteiger partial charge on any atom is 0.171 e. The summed E-state index contributed by atoms with van der Waals surface area (Å²) in [6, 6.07) is -0.285. The second kappa shape index (κ2) is 7.44. The Morgan fingerprint density at radius 1 is 1.12 bits per heavy atom. The van der Waals surface area contributed by atoms with E-state index in [9.17, 15) is 9.90 Å². The third-order valence-corrected chi connectivity index (χ3v) is 12.1. The normalized spacial score (nSPS) is 58.4. The Morgan fingerprint density at radius 2 is 1.91 bits per heavy atom. The highest BCUT2D eigenvalue weighted by atomic mass is 16.7. The molecule has 2 aliphatic heterocycles. The molecule has 188 valence electrons. The Hall–Kier alpha value is -1.14. The van der Waals surface area contributed by atoms with Crippen LogP contribution in [0.15, 0.2) is 5.11 Å². The number of hydrogen-bond donors (Lipinski definition) is 1. The second-order valence-electron chi connectivity index (χ2n) is 13.4. The molecule has 7 heteroatoms. The van der Waals surface area contributed by atoms with Gasteiger partial charge in [-0.25, -0.2) is 0 Å². The number of Topliss-reactive ketones (excluding diaryl/α,β-unsaturated/α-hetero) is 1. The molecule has 2 saturated heterocycles. The molecule has 6 fully saturated rings. The highest BCUT2D eigenvalue weighted by Crippen LogP contribution is 2.71. The zero-order valence-electron chi connectivity index (χ0n) is 21.2. The van der Waals surface area contributed by atoms with Crippen molar-refractivity contribution in [3.63, 3.8) is 0 Å². The lowest BCUT2D eigenvalue weighted by Crippen LogP contribution is -2.67. The number of aliphatic hydroxyl groups is 1. The summed E-state index contributed by atoms with van der Waals surface area (Å²) in [6.45, 7) is 10.0. The molecule has 7 nitrogen and oxygen atoms in total. The molecule has 0 radical (unpaired) electrons. The Labute approximate surface area is 203 Å². The molecule has 1 spiro atoms. The van der Waals surface area contributed by atoms with Gasteiger partial charge < -0.3 is 14.6 Å². The minimum atomic E-state index is -1.37. The highest BCUT2D eigenvalue weighted by Gasteiger charge is 2.72. The van der Waals surface area contributed by atoms with Gasteiger partial charge in [-0.2, -0.15) is 0 Å². The standard InChI is InChI=1S/C27H41N3O4/c1-15-5-10-27(33-14-15)16(2)23-21(34-27)12-20-18-11-22(31)26(32)13-17(29-30-28)6-9-25(26,4)19(18)7-8-24(20,23)3/h15-21,23,32H,5-14H2,1-4H3/t15-,16+,17-,18-,19+,20+,21+,23+,24+,25-,26+,27-/m1/s1. The van der Waals surface area contributed by atoms with Crippen LogP contribution in [-0.4, -0.2) is 41.0 Å². The van der Waals surface area contributed by atoms with Crippen LogP contribution >= 0.6 is 0 Å². The van der Waals surface area contributed by atoms with E-state index in [1.165, 1.54) is 0 Å². The van der Waals surface area contributed by atoms with E-state index in [-0.39, 0.29) is 29.8 Å². The van der Waals surface area contributed by atoms with Gasteiger partial charge >= 0.3 is 0 Å². The van der Waals surface area contributed by atoms with E-state index in [1.807, 2.05) is 0 Å². The minimum absolute atomic E-state index is 0.0227. The third kappa shape index (κ3) is 2.82. The van der Waals surface area contributed by atoms with Crippen LogP contribution in [0.5, 0.6) is 0 Å². The molecule has 34 heavy (non-hydrogen) atoms. The summed E-state index contributed by atoms with van der Waals surface area (Å²) in [4.78, 5) is 16.6. The summed E-state index contributed by atoms with van der Waals surface area (Å²) in [5.74, 6) is 2.07. The lowest BCUT2D eigenvalue weighted by atomic mass is 9.42. The monoisotopic (exact) mass is 471 g/mol. The van der Waals surface area contributed by atoms with Crippen LogP contribution in [0.4, 0.5) is 0 Å². The number of fused-ring (bicyclic) bond motifs is 7. The van der Waals surface area contributed by atoms with Crippen molar-refractivity contribution in [2.24, 2.45) is 51.5 Å². The van der Waals surface area contributed by atoms with Gasteiger partial charge in [0.2, 0.25) is 0 Å². The summed E-state index contributed by atoms with van der Waals surface area (Å²) in [5, 5.41) is 15.7. The molecule has 6 aliphatic rings. The van der Waals surface area contributed by atoms with Crippen LogP contribution in [0.3, 0.4) is 0 Å². The molecule has 0 bridgehead atoms. The number of ether oxygens (including phenoxy) is 2. The van der Waals surface area contributed by atoms with Gasteiger partial charge in [0.05, 0.1) is 12.7 Å². The number of hydrogen-bond acceptors (Lipinski definition) is 5. The zero-order valence-corrected chi connectivity index (χ0v) is 21.2. The SMILES string of the molecule is C[C@@H]1CC[C@@]2(OC1)O[C@H]1C[C@H]3[C@@H]4CC(=O)[C@@]5(O)C[C@H](N=[N+]=[N-])CC[C@]5(C)[C@H]4CC[C@]3(C)[C@H]1[C@@H]2C. The van der Waals surface area contributed by atoms with Crippen molar-refractivity contribution in [2.45, 2.75) is 109 Å². The summed E-state index contributed by atoms with van der Waals surface area (Å²) >= 11 is 0. The topological polar surface area (TPSA) is 105 Å². The predicted molar refractivity (Wildman–Crippen MR) is 127 cm³/mol. The molecule has 4 saturated carbocycles. The molecule has 12 atom stereocenters. The summed E-state index contributed by atoms with van der Waals surface area (Å²) in [7, 11) is 0. The highest BCUT2D eigenvalue weighted by molar-refractivity contribution is 5.89. The predicted octanol–water partition coefficient (Wildman–Crippen LogP) is 5.41. The molecular formula is C27H41N3O4. The van der Waals surface area contributed by atoms with Gasteiger partial charge in [-0.1, -0.05) is 32.8 Å². The van der Waals surface area contributed by atoms with E-state index in [2.05, 4.69) is 37.7 Å². The largest absolute Gasteiger partial charge is 0.381 e. The summed E-state index contributed by atoms with van der Waals surface area (Å²) in [6.07, 6.45) is 7.79.